The highest BCUT2D eigenvalue weighted by Gasteiger charge is 2.27. The number of aromatic nitrogens is 4. The summed E-state index contributed by atoms with van der Waals surface area (Å²) in [6.07, 6.45) is 4.46. The van der Waals surface area contributed by atoms with Crippen molar-refractivity contribution in [2.45, 2.75) is 46.2 Å². The molecular weight excluding hydrogens is 342 g/mol. The van der Waals surface area contributed by atoms with Crippen LogP contribution in [-0.4, -0.2) is 52.0 Å². The van der Waals surface area contributed by atoms with Crippen LogP contribution in [0.15, 0.2) is 12.5 Å². The maximum absolute atomic E-state index is 12.0. The first-order valence-corrected chi connectivity index (χ1v) is 9.25. The molecule has 1 amide bonds. The molecule has 0 radical (unpaired) electrons. The lowest BCUT2D eigenvalue weighted by atomic mass is 10.1. The van der Waals surface area contributed by atoms with Gasteiger partial charge in [0.2, 0.25) is 5.82 Å². The molecule has 2 N–H and O–H groups in total. The van der Waals surface area contributed by atoms with E-state index in [0.29, 0.717) is 6.04 Å². The fourth-order valence-corrected chi connectivity index (χ4v) is 3.49. The molecule has 1 saturated heterocycles. The largest absolute Gasteiger partial charge is 0.355 e. The van der Waals surface area contributed by atoms with Crippen molar-refractivity contribution in [1.82, 2.24) is 30.6 Å². The van der Waals surface area contributed by atoms with Crippen molar-refractivity contribution >= 4 is 11.7 Å². The van der Waals surface area contributed by atoms with Gasteiger partial charge in [-0.25, -0.2) is 19.9 Å². The number of carbonyl (C=O) groups is 1. The van der Waals surface area contributed by atoms with E-state index in [0.717, 1.165) is 47.8 Å². The van der Waals surface area contributed by atoms with Crippen molar-refractivity contribution < 1.29 is 4.79 Å². The maximum atomic E-state index is 12.0. The number of aryl methyl sites for hydroxylation is 2. The first-order chi connectivity index (χ1) is 12.9. The third-order valence-electron chi connectivity index (χ3n) is 5.18. The van der Waals surface area contributed by atoms with Gasteiger partial charge in [-0.15, -0.1) is 0 Å². The molecule has 0 spiro atoms. The summed E-state index contributed by atoms with van der Waals surface area (Å²) in [7, 11) is 1.59. The van der Waals surface area contributed by atoms with Gasteiger partial charge in [0, 0.05) is 60.9 Å². The van der Waals surface area contributed by atoms with Crippen LogP contribution in [0.1, 0.15) is 52.5 Å². The van der Waals surface area contributed by atoms with Gasteiger partial charge < -0.3 is 15.5 Å². The van der Waals surface area contributed by atoms with E-state index in [4.69, 9.17) is 0 Å². The minimum Gasteiger partial charge on any atom is -0.355 e. The minimum absolute atomic E-state index is 0.172. The Morgan fingerprint density at radius 1 is 1.26 bits per heavy atom. The van der Waals surface area contributed by atoms with Gasteiger partial charge in [0.25, 0.3) is 5.91 Å². The Morgan fingerprint density at radius 2 is 2.04 bits per heavy atom. The van der Waals surface area contributed by atoms with Gasteiger partial charge in [0.05, 0.1) is 0 Å². The van der Waals surface area contributed by atoms with Gasteiger partial charge in [-0.1, -0.05) is 0 Å². The minimum atomic E-state index is -0.263. The number of hydrogen-bond donors (Lipinski definition) is 2. The molecule has 0 bridgehead atoms. The molecule has 1 unspecified atom stereocenters. The van der Waals surface area contributed by atoms with E-state index in [2.05, 4.69) is 42.4 Å². The SMILES string of the molecule is CNC(=O)c1nc(C)c(C)c(N2CC[C@@H](NC(C)c3cncnc3C)C2)n1. The summed E-state index contributed by atoms with van der Waals surface area (Å²) < 4.78 is 0. The molecule has 2 aromatic rings. The summed E-state index contributed by atoms with van der Waals surface area (Å²) in [5.41, 5.74) is 3.97. The van der Waals surface area contributed by atoms with Crippen LogP contribution in [0.5, 0.6) is 0 Å². The Morgan fingerprint density at radius 3 is 2.74 bits per heavy atom. The molecule has 0 aromatic carbocycles. The molecule has 0 aliphatic carbocycles. The van der Waals surface area contributed by atoms with Crippen LogP contribution in [0, 0.1) is 20.8 Å². The van der Waals surface area contributed by atoms with Crippen LogP contribution in [0.4, 0.5) is 5.82 Å². The smallest absolute Gasteiger partial charge is 0.288 e. The number of nitrogens with one attached hydrogen (secondary N) is 2. The van der Waals surface area contributed by atoms with Gasteiger partial charge in [-0.05, 0) is 34.1 Å². The topological polar surface area (TPSA) is 95.9 Å². The number of nitrogens with zero attached hydrogens (tertiary/aromatic N) is 5. The Labute approximate surface area is 159 Å². The second-order valence-corrected chi connectivity index (χ2v) is 7.04. The van der Waals surface area contributed by atoms with Crippen molar-refractivity contribution in [3.05, 3.63) is 40.9 Å². The van der Waals surface area contributed by atoms with Gasteiger partial charge >= 0.3 is 0 Å². The average Bonchev–Trinajstić information content (AvgIpc) is 3.11. The number of anilines is 1. The van der Waals surface area contributed by atoms with E-state index in [1.807, 2.05) is 27.0 Å². The van der Waals surface area contributed by atoms with Crippen molar-refractivity contribution in [2.75, 3.05) is 25.0 Å². The maximum Gasteiger partial charge on any atom is 0.288 e. The summed E-state index contributed by atoms with van der Waals surface area (Å²) in [5, 5.41) is 6.27. The fraction of sp³-hybridized carbons (Fsp3) is 0.526. The third kappa shape index (κ3) is 4.05. The van der Waals surface area contributed by atoms with Crippen LogP contribution in [0.25, 0.3) is 0 Å². The molecule has 27 heavy (non-hydrogen) atoms. The number of rotatable bonds is 5. The van der Waals surface area contributed by atoms with E-state index in [1.54, 1.807) is 13.4 Å². The highest BCUT2D eigenvalue weighted by atomic mass is 16.2. The lowest BCUT2D eigenvalue weighted by Gasteiger charge is -2.23. The number of amides is 1. The zero-order valence-corrected chi connectivity index (χ0v) is 16.6. The van der Waals surface area contributed by atoms with Crippen LogP contribution < -0.4 is 15.5 Å². The summed E-state index contributed by atoms with van der Waals surface area (Å²) in [4.78, 5) is 31.5. The summed E-state index contributed by atoms with van der Waals surface area (Å²) >= 11 is 0. The zero-order valence-electron chi connectivity index (χ0n) is 16.6. The fourth-order valence-electron chi connectivity index (χ4n) is 3.49. The van der Waals surface area contributed by atoms with Crippen LogP contribution >= 0.6 is 0 Å². The molecule has 3 heterocycles. The summed E-state index contributed by atoms with van der Waals surface area (Å²) in [6, 6.07) is 0.503. The first-order valence-electron chi connectivity index (χ1n) is 9.25. The predicted octanol–water partition coefficient (Wildman–Crippen LogP) is 1.48. The van der Waals surface area contributed by atoms with E-state index in [1.165, 1.54) is 0 Å². The Balaban J connectivity index is 1.73. The van der Waals surface area contributed by atoms with Crippen molar-refractivity contribution in [3.63, 3.8) is 0 Å². The lowest BCUT2D eigenvalue weighted by Crippen LogP contribution is -2.35. The molecule has 8 nitrogen and oxygen atoms in total. The van der Waals surface area contributed by atoms with Crippen LogP contribution in [0.2, 0.25) is 0 Å². The normalized spacial score (nSPS) is 17.8. The molecule has 3 rings (SSSR count). The summed E-state index contributed by atoms with van der Waals surface area (Å²) in [6.45, 7) is 9.79. The molecule has 144 valence electrons. The second-order valence-electron chi connectivity index (χ2n) is 7.04. The molecule has 1 aliphatic rings. The van der Waals surface area contributed by atoms with E-state index in [9.17, 15) is 4.79 Å². The molecule has 2 atom stereocenters. The Hall–Kier alpha value is -2.61. The van der Waals surface area contributed by atoms with Crippen LogP contribution in [0.3, 0.4) is 0 Å². The van der Waals surface area contributed by atoms with Crippen LogP contribution in [-0.2, 0) is 0 Å². The molecule has 0 saturated carbocycles. The van der Waals surface area contributed by atoms with Crippen molar-refractivity contribution in [3.8, 4) is 0 Å². The monoisotopic (exact) mass is 369 g/mol. The first kappa shape index (κ1) is 19.2. The average molecular weight is 369 g/mol. The molecular formula is C19H27N7O. The van der Waals surface area contributed by atoms with E-state index >= 15 is 0 Å². The lowest BCUT2D eigenvalue weighted by molar-refractivity contribution is 0.0952. The van der Waals surface area contributed by atoms with E-state index in [-0.39, 0.29) is 17.8 Å². The molecule has 2 aromatic heterocycles. The Bertz CT molecular complexity index is 839. The Kier molecular flexibility index (Phi) is 5.65. The van der Waals surface area contributed by atoms with E-state index < -0.39 is 0 Å². The molecule has 1 aliphatic heterocycles. The molecule has 1 fully saturated rings. The molecule has 8 heteroatoms. The van der Waals surface area contributed by atoms with Crippen molar-refractivity contribution in [1.29, 1.82) is 0 Å². The highest BCUT2D eigenvalue weighted by Crippen LogP contribution is 2.25. The van der Waals surface area contributed by atoms with Gasteiger partial charge in [0.15, 0.2) is 0 Å². The summed E-state index contributed by atoms with van der Waals surface area (Å²) in [5.74, 6) is 0.802. The van der Waals surface area contributed by atoms with Gasteiger partial charge in [0.1, 0.15) is 12.1 Å². The van der Waals surface area contributed by atoms with Crippen molar-refractivity contribution in [2.24, 2.45) is 0 Å². The highest BCUT2D eigenvalue weighted by molar-refractivity contribution is 5.90. The number of carbonyl (C=O) groups excluding carboxylic acids is 1. The quantitative estimate of drug-likeness (QED) is 0.824. The second kappa shape index (κ2) is 7.96. The zero-order chi connectivity index (χ0) is 19.6. The van der Waals surface area contributed by atoms with Gasteiger partial charge in [-0.3, -0.25) is 4.79 Å². The number of hydrogen-bond acceptors (Lipinski definition) is 7. The predicted molar refractivity (Wildman–Crippen MR) is 104 cm³/mol. The standard InChI is InChI=1S/C19H27N7O/c1-11-12(2)24-17(19(27)20-5)25-18(11)26-7-6-15(9-26)23-14(4)16-8-21-10-22-13(16)3/h8,10,14-15,23H,6-7,9H2,1-5H3,(H,20,27)/t14?,15-/m1/s1. The third-order valence-corrected chi connectivity index (χ3v) is 5.18. The van der Waals surface area contributed by atoms with Gasteiger partial charge in [-0.2, -0.15) is 0 Å².